The molecule has 5 aromatic rings. The number of hydrogen-bond donors (Lipinski definition) is 2. The number of H-pyrrole nitrogens is 1. The first kappa shape index (κ1) is 20.5. The summed E-state index contributed by atoms with van der Waals surface area (Å²) in [6, 6.07) is 24.3. The number of imidazole rings is 1. The van der Waals surface area contributed by atoms with Crippen molar-refractivity contribution in [3.63, 3.8) is 0 Å². The number of carbonyl (C=O) groups is 2. The molecule has 0 aliphatic heterocycles. The van der Waals surface area contributed by atoms with Crippen LogP contribution in [0.4, 0.5) is 0 Å². The van der Waals surface area contributed by atoms with Crippen LogP contribution in [0.5, 0.6) is 0 Å². The Bertz CT molecular complexity index is 1400. The van der Waals surface area contributed by atoms with E-state index < -0.39 is 11.8 Å². The van der Waals surface area contributed by atoms with Gasteiger partial charge in [0.2, 0.25) is 0 Å². The number of benzene rings is 3. The van der Waals surface area contributed by atoms with Crippen molar-refractivity contribution < 1.29 is 9.59 Å². The number of rotatable bonds is 6. The average molecular weight is 434 g/mol. The molecule has 2 aromatic heterocycles. The Morgan fingerprint density at radius 1 is 0.848 bits per heavy atom. The molecular weight excluding hydrogens is 412 g/mol. The average Bonchev–Trinajstić information content (AvgIpc) is 3.49. The highest BCUT2D eigenvalue weighted by atomic mass is 16.2. The molecule has 2 heterocycles. The van der Waals surface area contributed by atoms with Gasteiger partial charge in [0.1, 0.15) is 5.82 Å². The number of nitrogens with one attached hydrogen (secondary N) is 2. The molecule has 6 nitrogen and oxygen atoms in total. The Balaban J connectivity index is 1.32. The molecule has 0 saturated carbocycles. The molecule has 2 N–H and O–H groups in total. The molecule has 3 aromatic carbocycles. The van der Waals surface area contributed by atoms with E-state index in [1.165, 1.54) is 10.9 Å². The van der Waals surface area contributed by atoms with E-state index in [9.17, 15) is 9.59 Å². The van der Waals surface area contributed by atoms with Crippen LogP contribution >= 0.6 is 0 Å². The quantitative estimate of drug-likeness (QED) is 0.384. The molecule has 0 atom stereocenters. The van der Waals surface area contributed by atoms with Crippen LogP contribution in [0.3, 0.4) is 0 Å². The van der Waals surface area contributed by atoms with E-state index in [0.29, 0.717) is 17.7 Å². The highest BCUT2D eigenvalue weighted by Gasteiger charge is 2.13. The van der Waals surface area contributed by atoms with Gasteiger partial charge in [-0.15, -0.1) is 0 Å². The second-order valence-corrected chi connectivity index (χ2v) is 7.86. The number of nitrogens with zero attached hydrogens (tertiary/aromatic N) is 2. The van der Waals surface area contributed by atoms with Gasteiger partial charge in [0, 0.05) is 53.6 Å². The Morgan fingerprint density at radius 2 is 1.55 bits per heavy atom. The van der Waals surface area contributed by atoms with Gasteiger partial charge in [-0.25, -0.2) is 4.98 Å². The third-order valence-electron chi connectivity index (χ3n) is 5.62. The van der Waals surface area contributed by atoms with E-state index >= 15 is 0 Å². The largest absolute Gasteiger partial charge is 0.348 e. The molecule has 2 amide bonds. The number of fused-ring (bicyclic) bond motifs is 1. The summed E-state index contributed by atoms with van der Waals surface area (Å²) in [5, 5.41) is 3.64. The smallest absolute Gasteiger partial charge is 0.258 e. The first-order valence-corrected chi connectivity index (χ1v) is 10.7. The molecule has 0 aliphatic carbocycles. The molecule has 162 valence electrons. The predicted octanol–water partition coefficient (Wildman–Crippen LogP) is 4.57. The van der Waals surface area contributed by atoms with Crippen LogP contribution < -0.4 is 5.32 Å². The fourth-order valence-corrected chi connectivity index (χ4v) is 3.96. The standard InChI is InChI=1S/C27H22N4O2/c32-26(20-6-2-1-3-7-20)30-27(33)21-12-10-19(11-13-21)17-31-18-22(16-25-28-14-15-29-25)23-8-4-5-9-24(23)31/h1-15,18H,16-17H2,(H,28,29)(H,30,32,33). The van der Waals surface area contributed by atoms with Crippen LogP contribution in [0, 0.1) is 0 Å². The molecule has 0 aliphatic rings. The summed E-state index contributed by atoms with van der Waals surface area (Å²) in [5.74, 6) is 0.105. The number of carbonyl (C=O) groups excluding carboxylic acids is 2. The normalized spacial score (nSPS) is 10.9. The highest BCUT2D eigenvalue weighted by molar-refractivity contribution is 6.10. The maximum Gasteiger partial charge on any atom is 0.258 e. The predicted molar refractivity (Wildman–Crippen MR) is 127 cm³/mol. The van der Waals surface area contributed by atoms with Crippen LogP contribution in [0.1, 0.15) is 37.7 Å². The second-order valence-electron chi connectivity index (χ2n) is 7.86. The minimum atomic E-state index is -0.414. The molecule has 0 bridgehead atoms. The maximum atomic E-state index is 12.5. The number of aromatic nitrogens is 3. The van der Waals surface area contributed by atoms with Crippen LogP contribution in [-0.4, -0.2) is 26.3 Å². The monoisotopic (exact) mass is 434 g/mol. The number of amides is 2. The molecule has 0 spiro atoms. The van der Waals surface area contributed by atoms with Crippen LogP contribution in [0.15, 0.2) is 97.5 Å². The number of para-hydroxylation sites is 1. The van der Waals surface area contributed by atoms with Crippen LogP contribution in [-0.2, 0) is 13.0 Å². The van der Waals surface area contributed by atoms with Gasteiger partial charge in [0.05, 0.1) is 0 Å². The van der Waals surface area contributed by atoms with Gasteiger partial charge in [-0.3, -0.25) is 14.9 Å². The minimum Gasteiger partial charge on any atom is -0.348 e. The van der Waals surface area contributed by atoms with Gasteiger partial charge in [-0.1, -0.05) is 48.5 Å². The Morgan fingerprint density at radius 3 is 2.27 bits per heavy atom. The van der Waals surface area contributed by atoms with Crippen molar-refractivity contribution in [3.8, 4) is 0 Å². The fourth-order valence-electron chi connectivity index (χ4n) is 3.96. The van der Waals surface area contributed by atoms with Gasteiger partial charge >= 0.3 is 0 Å². The lowest BCUT2D eigenvalue weighted by atomic mass is 10.1. The first-order valence-electron chi connectivity index (χ1n) is 10.7. The summed E-state index contributed by atoms with van der Waals surface area (Å²) in [6.07, 6.45) is 6.49. The van der Waals surface area contributed by atoms with E-state index in [0.717, 1.165) is 23.3 Å². The zero-order valence-electron chi connectivity index (χ0n) is 17.9. The van der Waals surface area contributed by atoms with E-state index in [-0.39, 0.29) is 0 Å². The number of imide groups is 1. The van der Waals surface area contributed by atoms with Crippen molar-refractivity contribution in [2.45, 2.75) is 13.0 Å². The van der Waals surface area contributed by atoms with Crippen LogP contribution in [0.2, 0.25) is 0 Å². The Kier molecular flexibility index (Phi) is 5.55. The maximum absolute atomic E-state index is 12.5. The second kappa shape index (κ2) is 8.96. The van der Waals surface area contributed by atoms with Crippen molar-refractivity contribution in [1.82, 2.24) is 19.9 Å². The first-order chi connectivity index (χ1) is 16.2. The van der Waals surface area contributed by atoms with E-state index in [4.69, 9.17) is 0 Å². The van der Waals surface area contributed by atoms with Gasteiger partial charge < -0.3 is 9.55 Å². The molecule has 33 heavy (non-hydrogen) atoms. The molecule has 0 radical (unpaired) electrons. The van der Waals surface area contributed by atoms with Crippen molar-refractivity contribution in [1.29, 1.82) is 0 Å². The van der Waals surface area contributed by atoms with Crippen molar-refractivity contribution in [2.75, 3.05) is 0 Å². The van der Waals surface area contributed by atoms with Crippen molar-refractivity contribution >= 4 is 22.7 Å². The SMILES string of the molecule is O=C(NC(=O)c1ccc(Cn2cc(Cc3ncc[nH]3)c3ccccc32)cc1)c1ccccc1. The summed E-state index contributed by atoms with van der Waals surface area (Å²) in [5.41, 5.74) is 4.31. The third-order valence-corrected chi connectivity index (χ3v) is 5.62. The van der Waals surface area contributed by atoms with Gasteiger partial charge in [-0.05, 0) is 41.5 Å². The lowest BCUT2D eigenvalue weighted by molar-refractivity contribution is 0.0849. The molecule has 5 rings (SSSR count). The Hall–Kier alpha value is -4.45. The Labute approximate surface area is 190 Å². The molecule has 0 unspecified atom stereocenters. The van der Waals surface area contributed by atoms with E-state index in [1.54, 1.807) is 42.6 Å². The van der Waals surface area contributed by atoms with E-state index in [2.05, 4.69) is 38.2 Å². The summed E-state index contributed by atoms with van der Waals surface area (Å²) in [4.78, 5) is 32.2. The molecule has 0 fully saturated rings. The van der Waals surface area contributed by atoms with Gasteiger partial charge in [0.15, 0.2) is 0 Å². The van der Waals surface area contributed by atoms with Gasteiger partial charge in [0.25, 0.3) is 11.8 Å². The molecule has 6 heteroatoms. The number of hydrogen-bond acceptors (Lipinski definition) is 3. The lowest BCUT2D eigenvalue weighted by Crippen LogP contribution is -2.30. The molecule has 0 saturated heterocycles. The summed E-state index contributed by atoms with van der Waals surface area (Å²) < 4.78 is 2.21. The summed E-state index contributed by atoms with van der Waals surface area (Å²) >= 11 is 0. The zero-order chi connectivity index (χ0) is 22.6. The highest BCUT2D eigenvalue weighted by Crippen LogP contribution is 2.24. The minimum absolute atomic E-state index is 0.410. The zero-order valence-corrected chi connectivity index (χ0v) is 17.9. The van der Waals surface area contributed by atoms with Gasteiger partial charge in [-0.2, -0.15) is 0 Å². The van der Waals surface area contributed by atoms with Crippen molar-refractivity contribution in [2.24, 2.45) is 0 Å². The third kappa shape index (κ3) is 4.45. The van der Waals surface area contributed by atoms with Crippen molar-refractivity contribution in [3.05, 3.63) is 126 Å². The summed E-state index contributed by atoms with van der Waals surface area (Å²) in [6.45, 7) is 0.670. The summed E-state index contributed by atoms with van der Waals surface area (Å²) in [7, 11) is 0. The lowest BCUT2D eigenvalue weighted by Gasteiger charge is -2.08. The number of aromatic amines is 1. The van der Waals surface area contributed by atoms with E-state index in [1.807, 2.05) is 36.5 Å². The fraction of sp³-hybridized carbons (Fsp3) is 0.0741. The molecular formula is C27H22N4O2. The topological polar surface area (TPSA) is 79.8 Å². The van der Waals surface area contributed by atoms with Crippen LogP contribution in [0.25, 0.3) is 10.9 Å².